The van der Waals surface area contributed by atoms with Crippen LogP contribution in [0.4, 0.5) is 0 Å². The maximum Gasteiger partial charge on any atom is 0.261 e. The summed E-state index contributed by atoms with van der Waals surface area (Å²) in [6.45, 7) is 12.6. The standard InChI is InChI=1S/C28H35NO3SSi/c1-6-13-24(29-33(30,31)25-20-18-23(2)19-21-25)22-32-34(28(3,4)5,26-14-9-7-10-15-26)27-16-11-8-12-17-27/h6-12,14-21,24,29H,1,13,22H2,2-5H3/t24-/m1/s1. The van der Waals surface area contributed by atoms with Gasteiger partial charge in [-0.1, -0.05) is 105 Å². The zero-order valence-electron chi connectivity index (χ0n) is 20.5. The van der Waals surface area contributed by atoms with Crippen LogP contribution >= 0.6 is 0 Å². The van der Waals surface area contributed by atoms with Gasteiger partial charge >= 0.3 is 0 Å². The molecule has 0 aliphatic carbocycles. The average molecular weight is 494 g/mol. The number of hydrogen-bond acceptors (Lipinski definition) is 3. The highest BCUT2D eigenvalue weighted by atomic mass is 32.2. The molecule has 0 heterocycles. The van der Waals surface area contributed by atoms with Crippen LogP contribution in [0.2, 0.25) is 5.04 Å². The summed E-state index contributed by atoms with van der Waals surface area (Å²) in [5.41, 5.74) is 1.01. The van der Waals surface area contributed by atoms with E-state index >= 15 is 0 Å². The number of aryl methyl sites for hydroxylation is 1. The van der Waals surface area contributed by atoms with Gasteiger partial charge in [0.1, 0.15) is 0 Å². The predicted molar refractivity (Wildman–Crippen MR) is 144 cm³/mol. The third-order valence-corrected chi connectivity index (χ3v) is 12.6. The average Bonchev–Trinajstić information content (AvgIpc) is 2.80. The summed E-state index contributed by atoms with van der Waals surface area (Å²) in [7, 11) is -6.47. The Bertz CT molecular complexity index is 1130. The molecular formula is C28H35NO3SSi. The Kier molecular flexibility index (Phi) is 8.31. The Morgan fingerprint density at radius 3 is 1.85 bits per heavy atom. The molecule has 0 fully saturated rings. The summed E-state index contributed by atoms with van der Waals surface area (Å²) < 4.78 is 36.0. The fourth-order valence-electron chi connectivity index (χ4n) is 4.34. The van der Waals surface area contributed by atoms with Crippen LogP contribution in [-0.4, -0.2) is 29.4 Å². The molecule has 1 N–H and O–H groups in total. The molecule has 3 aromatic rings. The van der Waals surface area contributed by atoms with Crippen molar-refractivity contribution < 1.29 is 12.8 Å². The molecule has 0 bridgehead atoms. The lowest BCUT2D eigenvalue weighted by Crippen LogP contribution is -2.67. The Morgan fingerprint density at radius 1 is 0.912 bits per heavy atom. The van der Waals surface area contributed by atoms with Crippen LogP contribution < -0.4 is 15.1 Å². The zero-order valence-corrected chi connectivity index (χ0v) is 22.3. The number of hydrogen-bond donors (Lipinski definition) is 1. The molecule has 0 aliphatic rings. The molecule has 0 spiro atoms. The van der Waals surface area contributed by atoms with Gasteiger partial charge in [0, 0.05) is 6.04 Å². The quantitative estimate of drug-likeness (QED) is 0.326. The monoisotopic (exact) mass is 493 g/mol. The van der Waals surface area contributed by atoms with Gasteiger partial charge in [-0.25, -0.2) is 13.1 Å². The van der Waals surface area contributed by atoms with Crippen molar-refractivity contribution in [3.05, 3.63) is 103 Å². The van der Waals surface area contributed by atoms with Crippen LogP contribution in [0.15, 0.2) is 102 Å². The second-order valence-electron chi connectivity index (χ2n) is 9.63. The van der Waals surface area contributed by atoms with Crippen LogP contribution in [-0.2, 0) is 14.4 Å². The van der Waals surface area contributed by atoms with Crippen molar-refractivity contribution in [1.82, 2.24) is 4.72 Å². The molecule has 6 heteroatoms. The third kappa shape index (κ3) is 5.75. The summed E-state index contributed by atoms with van der Waals surface area (Å²) in [5, 5.41) is 2.13. The molecule has 3 rings (SSSR count). The molecule has 0 saturated carbocycles. The summed E-state index contributed by atoms with van der Waals surface area (Å²) >= 11 is 0. The zero-order chi connectivity index (χ0) is 24.8. The first kappa shape index (κ1) is 26.1. The molecule has 1 atom stereocenters. The summed E-state index contributed by atoms with van der Waals surface area (Å²) in [5.74, 6) is 0. The summed E-state index contributed by atoms with van der Waals surface area (Å²) in [4.78, 5) is 0.248. The Balaban J connectivity index is 1.98. The van der Waals surface area contributed by atoms with Crippen LogP contribution in [0.5, 0.6) is 0 Å². The number of rotatable bonds is 10. The van der Waals surface area contributed by atoms with E-state index in [-0.39, 0.29) is 16.5 Å². The number of benzene rings is 3. The lowest BCUT2D eigenvalue weighted by Gasteiger charge is -2.43. The van der Waals surface area contributed by atoms with Gasteiger partial charge in [-0.05, 0) is 40.9 Å². The highest BCUT2D eigenvalue weighted by Crippen LogP contribution is 2.36. The van der Waals surface area contributed by atoms with E-state index in [1.54, 1.807) is 30.3 Å². The summed E-state index contributed by atoms with van der Waals surface area (Å²) in [6.07, 6.45) is 2.19. The third-order valence-electron chi connectivity index (χ3n) is 6.02. The normalized spacial score (nSPS) is 13.4. The molecule has 3 aromatic carbocycles. The van der Waals surface area contributed by atoms with E-state index in [1.165, 1.54) is 0 Å². The van der Waals surface area contributed by atoms with Crippen LogP contribution in [0.25, 0.3) is 0 Å². The number of sulfonamides is 1. The van der Waals surface area contributed by atoms with Crippen molar-refractivity contribution >= 4 is 28.7 Å². The largest absolute Gasteiger partial charge is 0.406 e. The lowest BCUT2D eigenvalue weighted by molar-refractivity contribution is 0.263. The van der Waals surface area contributed by atoms with Gasteiger partial charge in [0.05, 0.1) is 11.5 Å². The molecule has 180 valence electrons. The Labute approximate surface area is 205 Å². The van der Waals surface area contributed by atoms with Gasteiger partial charge in [-0.3, -0.25) is 0 Å². The van der Waals surface area contributed by atoms with E-state index in [4.69, 9.17) is 4.43 Å². The molecule has 0 saturated heterocycles. The minimum atomic E-state index is -3.69. The molecule has 4 nitrogen and oxygen atoms in total. The Hall–Kier alpha value is -2.51. The van der Waals surface area contributed by atoms with Gasteiger partial charge in [-0.15, -0.1) is 6.58 Å². The highest BCUT2D eigenvalue weighted by Gasteiger charge is 2.50. The highest BCUT2D eigenvalue weighted by molar-refractivity contribution is 7.89. The fraction of sp³-hybridized carbons (Fsp3) is 0.286. The first-order valence-electron chi connectivity index (χ1n) is 11.5. The van der Waals surface area contributed by atoms with E-state index in [2.05, 4.69) is 56.3 Å². The van der Waals surface area contributed by atoms with Crippen molar-refractivity contribution in [1.29, 1.82) is 0 Å². The van der Waals surface area contributed by atoms with Crippen LogP contribution in [0.3, 0.4) is 0 Å². The topological polar surface area (TPSA) is 55.4 Å². The first-order valence-corrected chi connectivity index (χ1v) is 14.9. The minimum absolute atomic E-state index is 0.190. The van der Waals surface area contributed by atoms with E-state index < -0.39 is 24.4 Å². The minimum Gasteiger partial charge on any atom is -0.406 e. The lowest BCUT2D eigenvalue weighted by atomic mass is 10.2. The molecule has 0 aromatic heterocycles. The van der Waals surface area contributed by atoms with Crippen molar-refractivity contribution in [3.8, 4) is 0 Å². The Morgan fingerprint density at radius 2 is 1.41 bits per heavy atom. The predicted octanol–water partition coefficient (Wildman–Crippen LogP) is 4.79. The van der Waals surface area contributed by atoms with Gasteiger partial charge < -0.3 is 4.43 Å². The van der Waals surface area contributed by atoms with Gasteiger partial charge in [0.2, 0.25) is 10.0 Å². The SMILES string of the molecule is C=CC[C@H](CO[Si](c1ccccc1)(c1ccccc1)C(C)(C)C)NS(=O)(=O)c1ccc(C)cc1. The maximum atomic E-state index is 13.1. The second-order valence-corrected chi connectivity index (χ2v) is 15.6. The van der Waals surface area contributed by atoms with E-state index in [0.717, 1.165) is 15.9 Å². The smallest absolute Gasteiger partial charge is 0.261 e. The van der Waals surface area contributed by atoms with Gasteiger partial charge in [-0.2, -0.15) is 0 Å². The van der Waals surface area contributed by atoms with E-state index in [9.17, 15) is 8.42 Å². The fourth-order valence-corrected chi connectivity index (χ4v) is 10.2. The molecule has 0 radical (unpaired) electrons. The molecular weight excluding hydrogens is 458 g/mol. The van der Waals surface area contributed by atoms with Crippen LogP contribution in [0.1, 0.15) is 32.8 Å². The number of nitrogens with one attached hydrogen (secondary N) is 1. The second kappa shape index (κ2) is 10.8. The van der Waals surface area contributed by atoms with E-state index in [0.29, 0.717) is 6.42 Å². The first-order chi connectivity index (χ1) is 16.1. The van der Waals surface area contributed by atoms with Crippen molar-refractivity contribution in [2.24, 2.45) is 0 Å². The molecule has 0 unspecified atom stereocenters. The van der Waals surface area contributed by atoms with Crippen LogP contribution in [0, 0.1) is 6.92 Å². The van der Waals surface area contributed by atoms with Crippen molar-refractivity contribution in [2.75, 3.05) is 6.61 Å². The maximum absolute atomic E-state index is 13.1. The summed E-state index contributed by atoms with van der Waals surface area (Å²) in [6, 6.07) is 27.1. The van der Waals surface area contributed by atoms with Gasteiger partial charge in [0.15, 0.2) is 0 Å². The van der Waals surface area contributed by atoms with E-state index in [1.807, 2.05) is 43.3 Å². The van der Waals surface area contributed by atoms with Gasteiger partial charge in [0.25, 0.3) is 8.32 Å². The van der Waals surface area contributed by atoms with Crippen molar-refractivity contribution in [3.63, 3.8) is 0 Å². The molecule has 0 amide bonds. The molecule has 34 heavy (non-hydrogen) atoms. The molecule has 0 aliphatic heterocycles. The van der Waals surface area contributed by atoms with Crippen molar-refractivity contribution in [2.45, 2.75) is 50.1 Å².